The van der Waals surface area contributed by atoms with Crippen LogP contribution in [0, 0.1) is 0 Å². The summed E-state index contributed by atoms with van der Waals surface area (Å²) in [6, 6.07) is 0. The number of rotatable bonds is 3. The molecule has 2 heterocycles. The largest absolute Gasteiger partial charge is 0.307 e. The molecule has 82 valence electrons. The number of aromatic amines is 1. The minimum atomic E-state index is -0.250. The van der Waals surface area contributed by atoms with Gasteiger partial charge in [-0.1, -0.05) is 6.92 Å². The van der Waals surface area contributed by atoms with Gasteiger partial charge in [0, 0.05) is 18.0 Å². The minimum absolute atomic E-state index is 0.250. The molecule has 6 heteroatoms. The van der Waals surface area contributed by atoms with Crippen LogP contribution >= 0.6 is 0 Å². The maximum absolute atomic E-state index is 11.7. The molecule has 0 aliphatic heterocycles. The van der Waals surface area contributed by atoms with Crippen molar-refractivity contribution in [3.05, 3.63) is 36.0 Å². The molecule has 0 aliphatic carbocycles. The SMILES string of the molecule is CCc1cn[nH]c1NC(=O)c1cncnc1. The van der Waals surface area contributed by atoms with Crippen molar-refractivity contribution in [3.63, 3.8) is 0 Å². The van der Waals surface area contributed by atoms with Crippen molar-refractivity contribution in [2.45, 2.75) is 13.3 Å². The molecule has 16 heavy (non-hydrogen) atoms. The fourth-order valence-electron chi connectivity index (χ4n) is 1.29. The number of amides is 1. The van der Waals surface area contributed by atoms with Crippen molar-refractivity contribution in [3.8, 4) is 0 Å². The summed E-state index contributed by atoms with van der Waals surface area (Å²) in [4.78, 5) is 19.3. The lowest BCUT2D eigenvalue weighted by atomic mass is 10.2. The predicted octanol–water partition coefficient (Wildman–Crippen LogP) is 1.01. The van der Waals surface area contributed by atoms with Crippen LogP contribution in [0.15, 0.2) is 24.9 Å². The van der Waals surface area contributed by atoms with Gasteiger partial charge in [0.25, 0.3) is 5.91 Å². The second-order valence-electron chi connectivity index (χ2n) is 3.21. The highest BCUT2D eigenvalue weighted by molar-refractivity contribution is 6.03. The van der Waals surface area contributed by atoms with Gasteiger partial charge in [-0.3, -0.25) is 9.89 Å². The van der Waals surface area contributed by atoms with E-state index in [0.717, 1.165) is 12.0 Å². The summed E-state index contributed by atoms with van der Waals surface area (Å²) in [6.45, 7) is 1.99. The Balaban J connectivity index is 2.14. The first kappa shape index (κ1) is 10.3. The molecule has 0 unspecified atom stereocenters. The average molecular weight is 217 g/mol. The van der Waals surface area contributed by atoms with Gasteiger partial charge in [-0.05, 0) is 6.42 Å². The molecule has 0 aromatic carbocycles. The summed E-state index contributed by atoms with van der Waals surface area (Å²) in [5, 5.41) is 9.32. The summed E-state index contributed by atoms with van der Waals surface area (Å²) in [6.07, 6.45) is 6.80. The normalized spacial score (nSPS) is 10.1. The molecule has 6 nitrogen and oxygen atoms in total. The number of anilines is 1. The van der Waals surface area contributed by atoms with E-state index in [9.17, 15) is 4.79 Å². The monoisotopic (exact) mass is 217 g/mol. The van der Waals surface area contributed by atoms with Crippen LogP contribution in [0.1, 0.15) is 22.8 Å². The molecule has 2 N–H and O–H groups in total. The first-order valence-electron chi connectivity index (χ1n) is 4.90. The number of hydrogen-bond donors (Lipinski definition) is 2. The third kappa shape index (κ3) is 2.05. The Kier molecular flexibility index (Phi) is 2.90. The summed E-state index contributed by atoms with van der Waals surface area (Å²) in [5.74, 6) is 0.371. The van der Waals surface area contributed by atoms with E-state index in [1.807, 2.05) is 6.92 Å². The summed E-state index contributed by atoms with van der Waals surface area (Å²) < 4.78 is 0. The van der Waals surface area contributed by atoms with Crippen LogP contribution in [-0.4, -0.2) is 26.1 Å². The van der Waals surface area contributed by atoms with Gasteiger partial charge < -0.3 is 5.32 Å². The van der Waals surface area contributed by atoms with E-state index in [-0.39, 0.29) is 5.91 Å². The van der Waals surface area contributed by atoms with Crippen LogP contribution in [0.2, 0.25) is 0 Å². The van der Waals surface area contributed by atoms with Crippen molar-refractivity contribution in [2.24, 2.45) is 0 Å². The lowest BCUT2D eigenvalue weighted by molar-refractivity contribution is 0.102. The third-order valence-corrected chi connectivity index (χ3v) is 2.16. The number of carbonyl (C=O) groups excluding carboxylic acids is 1. The first-order valence-corrected chi connectivity index (χ1v) is 4.90. The van der Waals surface area contributed by atoms with Crippen LogP contribution < -0.4 is 5.32 Å². The van der Waals surface area contributed by atoms with Gasteiger partial charge in [0.2, 0.25) is 0 Å². The number of nitrogens with one attached hydrogen (secondary N) is 2. The lowest BCUT2D eigenvalue weighted by Crippen LogP contribution is -2.13. The van der Waals surface area contributed by atoms with Crippen LogP contribution in [0.3, 0.4) is 0 Å². The zero-order chi connectivity index (χ0) is 11.4. The molecule has 0 radical (unpaired) electrons. The van der Waals surface area contributed by atoms with Crippen LogP contribution in [-0.2, 0) is 6.42 Å². The quantitative estimate of drug-likeness (QED) is 0.803. The highest BCUT2D eigenvalue weighted by Gasteiger charge is 2.09. The smallest absolute Gasteiger partial charge is 0.259 e. The van der Waals surface area contributed by atoms with Gasteiger partial charge in [0.15, 0.2) is 0 Å². The molecule has 0 saturated heterocycles. The first-order chi connectivity index (χ1) is 7.81. The Bertz CT molecular complexity index is 479. The molecule has 2 aromatic rings. The highest BCUT2D eigenvalue weighted by Crippen LogP contribution is 2.12. The van der Waals surface area contributed by atoms with Gasteiger partial charge in [0.05, 0.1) is 11.8 Å². The second-order valence-corrected chi connectivity index (χ2v) is 3.21. The zero-order valence-corrected chi connectivity index (χ0v) is 8.77. The zero-order valence-electron chi connectivity index (χ0n) is 8.77. The molecular formula is C10H11N5O. The van der Waals surface area contributed by atoms with Crippen molar-refractivity contribution in [2.75, 3.05) is 5.32 Å². The van der Waals surface area contributed by atoms with E-state index in [1.165, 1.54) is 18.7 Å². The minimum Gasteiger partial charge on any atom is -0.307 e. The Hall–Kier alpha value is -2.24. The third-order valence-electron chi connectivity index (χ3n) is 2.16. The maximum atomic E-state index is 11.7. The van der Waals surface area contributed by atoms with Crippen molar-refractivity contribution in [1.82, 2.24) is 20.2 Å². The van der Waals surface area contributed by atoms with Crippen LogP contribution in [0.5, 0.6) is 0 Å². The Labute approximate surface area is 92.1 Å². The average Bonchev–Trinajstić information content (AvgIpc) is 2.77. The second kappa shape index (κ2) is 4.52. The summed E-state index contributed by atoms with van der Waals surface area (Å²) >= 11 is 0. The molecule has 0 bridgehead atoms. The van der Waals surface area contributed by atoms with Gasteiger partial charge in [-0.15, -0.1) is 0 Å². The topological polar surface area (TPSA) is 83.6 Å². The van der Waals surface area contributed by atoms with Gasteiger partial charge in [-0.25, -0.2) is 9.97 Å². The maximum Gasteiger partial charge on any atom is 0.259 e. The molecule has 1 amide bonds. The number of aryl methyl sites for hydroxylation is 1. The highest BCUT2D eigenvalue weighted by atomic mass is 16.1. The summed E-state index contributed by atoms with van der Waals surface area (Å²) in [7, 11) is 0. The molecule has 2 aromatic heterocycles. The van der Waals surface area contributed by atoms with Crippen molar-refractivity contribution in [1.29, 1.82) is 0 Å². The van der Waals surface area contributed by atoms with Gasteiger partial charge >= 0.3 is 0 Å². The van der Waals surface area contributed by atoms with E-state index < -0.39 is 0 Å². The number of nitrogens with zero attached hydrogens (tertiary/aromatic N) is 3. The molecule has 0 aliphatic rings. The Morgan fingerprint density at radius 1 is 1.38 bits per heavy atom. The van der Waals surface area contributed by atoms with Crippen LogP contribution in [0.4, 0.5) is 5.82 Å². The number of aromatic nitrogens is 4. The van der Waals surface area contributed by atoms with E-state index >= 15 is 0 Å². The van der Waals surface area contributed by atoms with Crippen molar-refractivity contribution >= 4 is 11.7 Å². The van der Waals surface area contributed by atoms with E-state index in [2.05, 4.69) is 25.5 Å². The fraction of sp³-hybridized carbons (Fsp3) is 0.200. The van der Waals surface area contributed by atoms with Gasteiger partial charge in [-0.2, -0.15) is 5.10 Å². The fourth-order valence-corrected chi connectivity index (χ4v) is 1.29. The summed E-state index contributed by atoms with van der Waals surface area (Å²) in [5.41, 5.74) is 1.38. The van der Waals surface area contributed by atoms with Gasteiger partial charge in [0.1, 0.15) is 12.1 Å². The lowest BCUT2D eigenvalue weighted by Gasteiger charge is -2.03. The van der Waals surface area contributed by atoms with E-state index in [1.54, 1.807) is 6.20 Å². The predicted molar refractivity (Wildman–Crippen MR) is 58.0 cm³/mol. The number of H-pyrrole nitrogens is 1. The van der Waals surface area contributed by atoms with E-state index in [0.29, 0.717) is 11.4 Å². The molecule has 0 atom stereocenters. The molecule has 0 fully saturated rings. The Morgan fingerprint density at radius 2 is 2.12 bits per heavy atom. The number of hydrogen-bond acceptors (Lipinski definition) is 4. The van der Waals surface area contributed by atoms with Crippen molar-refractivity contribution < 1.29 is 4.79 Å². The standard InChI is InChI=1S/C10H11N5O/c1-2-7-5-13-15-9(7)14-10(16)8-3-11-6-12-4-8/h3-6H,2H2,1H3,(H2,13,14,15,16). The van der Waals surface area contributed by atoms with Crippen LogP contribution in [0.25, 0.3) is 0 Å². The number of carbonyl (C=O) groups is 1. The molecule has 0 spiro atoms. The van der Waals surface area contributed by atoms with E-state index in [4.69, 9.17) is 0 Å². The molecule has 2 rings (SSSR count). The Morgan fingerprint density at radius 3 is 2.81 bits per heavy atom. The molecular weight excluding hydrogens is 206 g/mol. The molecule has 0 saturated carbocycles.